The number of fused-ring (bicyclic) bond motifs is 3. The summed E-state index contributed by atoms with van der Waals surface area (Å²) in [5.74, 6) is -0.984. The van der Waals surface area contributed by atoms with Gasteiger partial charge in [-0.05, 0) is 47.4 Å². The predicted octanol–water partition coefficient (Wildman–Crippen LogP) is 3.77. The first kappa shape index (κ1) is 21.5. The van der Waals surface area contributed by atoms with E-state index in [1.165, 1.54) is 4.90 Å². The van der Waals surface area contributed by atoms with Crippen LogP contribution in [0.4, 0.5) is 4.79 Å². The lowest BCUT2D eigenvalue weighted by molar-refractivity contribution is -0.149. The van der Waals surface area contributed by atoms with Gasteiger partial charge in [-0.1, -0.05) is 61.4 Å². The minimum Gasteiger partial charge on any atom is -0.480 e. The fourth-order valence-corrected chi connectivity index (χ4v) is 5.18. The number of likely N-dealkylation sites (tertiary alicyclic amines) is 1. The van der Waals surface area contributed by atoms with Gasteiger partial charge in [-0.3, -0.25) is 4.79 Å². The molecule has 2 aliphatic carbocycles. The highest BCUT2D eigenvalue weighted by molar-refractivity contribution is 5.90. The van der Waals surface area contributed by atoms with Crippen LogP contribution < -0.4 is 5.32 Å². The Hall–Kier alpha value is -3.35. The average molecular weight is 449 g/mol. The number of hydrogen-bond acceptors (Lipinski definition) is 4. The van der Waals surface area contributed by atoms with Gasteiger partial charge in [0.25, 0.3) is 0 Å². The molecule has 2 amide bonds. The van der Waals surface area contributed by atoms with Crippen molar-refractivity contribution in [3.8, 4) is 11.1 Å². The molecule has 7 heteroatoms. The maximum atomic E-state index is 13.1. The third-order valence-corrected chi connectivity index (χ3v) is 7.02. The number of nitrogens with one attached hydrogen (secondary N) is 1. The van der Waals surface area contributed by atoms with Crippen molar-refractivity contribution < 1.29 is 24.2 Å². The quantitative estimate of drug-likeness (QED) is 0.672. The van der Waals surface area contributed by atoms with E-state index in [4.69, 9.17) is 4.74 Å². The van der Waals surface area contributed by atoms with Gasteiger partial charge in [-0.25, -0.2) is 9.59 Å². The van der Waals surface area contributed by atoms with Gasteiger partial charge < -0.3 is 20.1 Å². The number of rotatable bonds is 7. The molecule has 0 spiro atoms. The Morgan fingerprint density at radius 1 is 1.00 bits per heavy atom. The fourth-order valence-electron chi connectivity index (χ4n) is 5.18. The summed E-state index contributed by atoms with van der Waals surface area (Å²) in [6.45, 7) is 0.578. The van der Waals surface area contributed by atoms with E-state index in [0.717, 1.165) is 35.1 Å². The van der Waals surface area contributed by atoms with Crippen molar-refractivity contribution in [2.45, 2.75) is 50.1 Å². The molecule has 7 nitrogen and oxygen atoms in total. The Bertz CT molecular complexity index is 1030. The Balaban J connectivity index is 1.26. The van der Waals surface area contributed by atoms with Crippen LogP contribution in [0.3, 0.4) is 0 Å². The van der Waals surface area contributed by atoms with Crippen LogP contribution in [0.1, 0.15) is 49.1 Å². The van der Waals surface area contributed by atoms with Gasteiger partial charge in [0.2, 0.25) is 5.91 Å². The number of ether oxygens (including phenoxy) is 1. The van der Waals surface area contributed by atoms with E-state index in [9.17, 15) is 19.5 Å². The number of amides is 2. The van der Waals surface area contributed by atoms with Crippen molar-refractivity contribution in [2.24, 2.45) is 5.92 Å². The summed E-state index contributed by atoms with van der Waals surface area (Å²) in [5, 5.41) is 12.2. The van der Waals surface area contributed by atoms with E-state index in [-0.39, 0.29) is 18.4 Å². The number of aliphatic carboxylic acids is 1. The second kappa shape index (κ2) is 8.89. The molecular formula is C26H28N2O5. The van der Waals surface area contributed by atoms with Gasteiger partial charge in [0.05, 0.1) is 0 Å². The second-order valence-corrected chi connectivity index (χ2v) is 9.23. The van der Waals surface area contributed by atoms with Crippen molar-refractivity contribution in [3.63, 3.8) is 0 Å². The molecule has 1 aliphatic heterocycles. The van der Waals surface area contributed by atoms with Crippen LogP contribution in [-0.2, 0) is 14.3 Å². The lowest BCUT2D eigenvalue weighted by Gasteiger charge is -2.27. The molecule has 2 atom stereocenters. The predicted molar refractivity (Wildman–Crippen MR) is 122 cm³/mol. The molecule has 1 heterocycles. The topological polar surface area (TPSA) is 95.9 Å². The van der Waals surface area contributed by atoms with Crippen molar-refractivity contribution in [3.05, 3.63) is 59.7 Å². The van der Waals surface area contributed by atoms with E-state index in [0.29, 0.717) is 31.7 Å². The first-order valence-corrected chi connectivity index (χ1v) is 11.7. The molecule has 2 aromatic carbocycles. The Morgan fingerprint density at radius 2 is 1.64 bits per heavy atom. The van der Waals surface area contributed by atoms with Crippen LogP contribution in [-0.4, -0.2) is 53.2 Å². The van der Waals surface area contributed by atoms with Crippen LogP contribution in [0.15, 0.2) is 48.5 Å². The zero-order valence-corrected chi connectivity index (χ0v) is 18.4. The monoisotopic (exact) mass is 448 g/mol. The lowest BCUT2D eigenvalue weighted by Crippen LogP contribution is -2.52. The SMILES string of the molecule is O=C(NC(CC1CC1)C(=O)N1CCC[C@H]1C(=O)O)OCC1c2ccccc2-c2ccccc21. The first-order valence-electron chi connectivity index (χ1n) is 11.7. The summed E-state index contributed by atoms with van der Waals surface area (Å²) < 4.78 is 5.62. The molecule has 3 aliphatic rings. The number of carboxylic acid groups (broad SMARTS) is 1. The summed E-state index contributed by atoms with van der Waals surface area (Å²) in [6, 6.07) is 14.7. The number of benzene rings is 2. The lowest BCUT2D eigenvalue weighted by atomic mass is 9.98. The smallest absolute Gasteiger partial charge is 0.407 e. The summed E-state index contributed by atoms with van der Waals surface area (Å²) in [7, 11) is 0. The van der Waals surface area contributed by atoms with E-state index in [2.05, 4.69) is 29.6 Å². The zero-order valence-electron chi connectivity index (χ0n) is 18.4. The third kappa shape index (κ3) is 4.32. The summed E-state index contributed by atoms with van der Waals surface area (Å²) >= 11 is 0. The number of alkyl carbamates (subject to hydrolysis) is 1. The van der Waals surface area contributed by atoms with E-state index >= 15 is 0 Å². The molecule has 172 valence electrons. The molecule has 0 aromatic heterocycles. The maximum Gasteiger partial charge on any atom is 0.407 e. The Kier molecular flexibility index (Phi) is 5.79. The van der Waals surface area contributed by atoms with Gasteiger partial charge >= 0.3 is 12.1 Å². The van der Waals surface area contributed by atoms with E-state index < -0.39 is 24.1 Å². The molecule has 33 heavy (non-hydrogen) atoms. The molecule has 2 aromatic rings. The zero-order chi connectivity index (χ0) is 22.9. The van der Waals surface area contributed by atoms with Crippen LogP contribution in [0, 0.1) is 5.92 Å². The van der Waals surface area contributed by atoms with Gasteiger partial charge in [0.1, 0.15) is 18.7 Å². The number of hydrogen-bond donors (Lipinski definition) is 2. The van der Waals surface area contributed by atoms with Crippen LogP contribution in [0.2, 0.25) is 0 Å². The molecule has 2 fully saturated rings. The van der Waals surface area contributed by atoms with E-state index in [1.807, 2.05) is 24.3 Å². The molecule has 0 bridgehead atoms. The average Bonchev–Trinajstić information content (AvgIpc) is 3.39. The summed E-state index contributed by atoms with van der Waals surface area (Å²) in [6.07, 6.45) is 3.04. The second-order valence-electron chi connectivity index (χ2n) is 9.23. The molecule has 1 unspecified atom stereocenters. The van der Waals surface area contributed by atoms with Crippen molar-refractivity contribution in [2.75, 3.05) is 13.2 Å². The van der Waals surface area contributed by atoms with Crippen molar-refractivity contribution in [1.82, 2.24) is 10.2 Å². The molecule has 1 saturated carbocycles. The molecular weight excluding hydrogens is 420 g/mol. The van der Waals surface area contributed by atoms with Crippen LogP contribution in [0.5, 0.6) is 0 Å². The number of carbonyl (C=O) groups is 3. The summed E-state index contributed by atoms with van der Waals surface area (Å²) in [5.41, 5.74) is 4.55. The minimum atomic E-state index is -0.993. The molecule has 0 radical (unpaired) electrons. The highest BCUT2D eigenvalue weighted by atomic mass is 16.5. The Morgan fingerprint density at radius 3 is 2.24 bits per heavy atom. The van der Waals surface area contributed by atoms with Gasteiger partial charge in [-0.15, -0.1) is 0 Å². The normalized spacial score (nSPS) is 20.1. The number of nitrogens with zero attached hydrogens (tertiary/aromatic N) is 1. The van der Waals surface area contributed by atoms with E-state index in [1.54, 1.807) is 0 Å². The Labute approximate surface area is 192 Å². The minimum absolute atomic E-state index is 0.0595. The van der Waals surface area contributed by atoms with Crippen LogP contribution >= 0.6 is 0 Å². The van der Waals surface area contributed by atoms with Crippen molar-refractivity contribution >= 4 is 18.0 Å². The fraction of sp³-hybridized carbons (Fsp3) is 0.423. The summed E-state index contributed by atoms with van der Waals surface area (Å²) in [4.78, 5) is 38.8. The molecule has 5 rings (SSSR count). The van der Waals surface area contributed by atoms with Crippen LogP contribution in [0.25, 0.3) is 11.1 Å². The molecule has 1 saturated heterocycles. The largest absolute Gasteiger partial charge is 0.480 e. The number of carbonyl (C=O) groups excluding carboxylic acids is 2. The first-order chi connectivity index (χ1) is 16.0. The van der Waals surface area contributed by atoms with Gasteiger partial charge in [-0.2, -0.15) is 0 Å². The maximum absolute atomic E-state index is 13.1. The van der Waals surface area contributed by atoms with Crippen molar-refractivity contribution in [1.29, 1.82) is 0 Å². The number of carboxylic acids is 1. The highest BCUT2D eigenvalue weighted by Crippen LogP contribution is 2.44. The standard InChI is InChI=1S/C26H28N2O5/c29-24(28-13-5-10-23(28)25(30)31)22(14-16-11-12-16)27-26(32)33-15-21-19-8-3-1-6-17(19)18-7-2-4-9-20(18)21/h1-4,6-9,16,21-23H,5,10-15H2,(H,27,32)(H,30,31)/t22?,23-/m0/s1. The highest BCUT2D eigenvalue weighted by Gasteiger charge is 2.40. The third-order valence-electron chi connectivity index (χ3n) is 7.02. The van der Waals surface area contributed by atoms with Gasteiger partial charge in [0.15, 0.2) is 0 Å². The van der Waals surface area contributed by atoms with Gasteiger partial charge in [0, 0.05) is 12.5 Å². The molecule has 2 N–H and O–H groups in total.